The fraction of sp³-hybridized carbons (Fsp3) is 0.462. The van der Waals surface area contributed by atoms with E-state index in [4.69, 9.17) is 0 Å². The first-order chi connectivity index (χ1) is 9.15. The topological polar surface area (TPSA) is 75.6 Å². The Balaban J connectivity index is 2.22. The highest BCUT2D eigenvalue weighted by Gasteiger charge is 2.16. The van der Waals surface area contributed by atoms with Crippen molar-refractivity contribution in [3.63, 3.8) is 0 Å². The molecule has 0 aromatic carbocycles. The molecule has 2 aromatic rings. The van der Waals surface area contributed by atoms with Crippen LogP contribution < -0.4 is 5.32 Å². The van der Waals surface area contributed by atoms with Crippen LogP contribution in [0.1, 0.15) is 48.9 Å². The molecular formula is C13H19N5O. The summed E-state index contributed by atoms with van der Waals surface area (Å²) in [5.74, 6) is 0.524. The normalized spacial score (nSPS) is 10.9. The molecule has 0 aliphatic carbocycles. The monoisotopic (exact) mass is 261 g/mol. The van der Waals surface area contributed by atoms with Crippen LogP contribution in [0.3, 0.4) is 0 Å². The first kappa shape index (κ1) is 13.3. The van der Waals surface area contributed by atoms with Crippen molar-refractivity contribution in [3.8, 4) is 0 Å². The second-order valence-electron chi connectivity index (χ2n) is 4.51. The molecule has 0 radical (unpaired) electrons. The number of carbonyl (C=O) groups excluding carboxylic acids is 1. The molecule has 102 valence electrons. The summed E-state index contributed by atoms with van der Waals surface area (Å²) in [6.07, 6.45) is 4.94. The highest BCUT2D eigenvalue weighted by atomic mass is 16.2. The minimum absolute atomic E-state index is 0.204. The molecule has 0 unspecified atom stereocenters. The molecular weight excluding hydrogens is 242 g/mol. The Morgan fingerprint density at radius 3 is 2.79 bits per heavy atom. The number of rotatable bonds is 5. The number of nitrogens with zero attached hydrogens (tertiary/aromatic N) is 3. The van der Waals surface area contributed by atoms with Crippen molar-refractivity contribution in [2.75, 3.05) is 5.32 Å². The van der Waals surface area contributed by atoms with Gasteiger partial charge in [-0.15, -0.1) is 0 Å². The zero-order valence-electron chi connectivity index (χ0n) is 11.5. The summed E-state index contributed by atoms with van der Waals surface area (Å²) < 4.78 is 1.89. The summed E-state index contributed by atoms with van der Waals surface area (Å²) >= 11 is 0. The van der Waals surface area contributed by atoms with Gasteiger partial charge in [0, 0.05) is 6.07 Å². The number of anilines is 1. The van der Waals surface area contributed by atoms with Crippen LogP contribution in [0.5, 0.6) is 0 Å². The summed E-state index contributed by atoms with van der Waals surface area (Å²) in [5.41, 5.74) is 1.33. The number of hydrogen-bond donors (Lipinski definition) is 2. The molecule has 0 aliphatic heterocycles. The average Bonchev–Trinajstić information content (AvgIpc) is 3.01. The summed E-state index contributed by atoms with van der Waals surface area (Å²) in [5, 5.41) is 7.34. The molecule has 0 aliphatic rings. The molecule has 6 heteroatoms. The van der Waals surface area contributed by atoms with Crippen LogP contribution >= 0.6 is 0 Å². The number of aryl methyl sites for hydroxylation is 1. The Kier molecular flexibility index (Phi) is 3.99. The second-order valence-corrected chi connectivity index (χ2v) is 4.51. The standard InChI is InChI=1S/C13H19N5O/c1-4-10(5-2)18-12(6-9(3)17-18)16-13(19)11-7-14-8-15-11/h6-8,10H,4-5H2,1-3H3,(H,14,15)(H,16,19). The molecule has 0 spiro atoms. The Morgan fingerprint density at radius 2 is 2.21 bits per heavy atom. The summed E-state index contributed by atoms with van der Waals surface area (Å²) in [4.78, 5) is 18.6. The fourth-order valence-corrected chi connectivity index (χ4v) is 2.09. The zero-order valence-corrected chi connectivity index (χ0v) is 11.5. The predicted octanol–water partition coefficient (Wildman–Crippen LogP) is 2.53. The van der Waals surface area contributed by atoms with Crippen LogP contribution in [0.15, 0.2) is 18.6 Å². The molecule has 0 saturated carbocycles. The number of carbonyl (C=O) groups is 1. The van der Waals surface area contributed by atoms with Gasteiger partial charge in [0.25, 0.3) is 5.91 Å². The molecule has 0 atom stereocenters. The van der Waals surface area contributed by atoms with Crippen LogP contribution in [0.25, 0.3) is 0 Å². The van der Waals surface area contributed by atoms with Gasteiger partial charge in [-0.1, -0.05) is 13.8 Å². The van der Waals surface area contributed by atoms with Crippen molar-refractivity contribution < 1.29 is 4.79 Å². The highest BCUT2D eigenvalue weighted by Crippen LogP contribution is 2.22. The van der Waals surface area contributed by atoms with E-state index in [0.29, 0.717) is 11.7 Å². The van der Waals surface area contributed by atoms with Crippen molar-refractivity contribution in [2.45, 2.75) is 39.7 Å². The van der Waals surface area contributed by atoms with Crippen LogP contribution in [0, 0.1) is 6.92 Å². The number of H-pyrrole nitrogens is 1. The maximum atomic E-state index is 12.0. The average molecular weight is 261 g/mol. The molecule has 2 rings (SSSR count). The van der Waals surface area contributed by atoms with Crippen LogP contribution in [-0.4, -0.2) is 25.7 Å². The molecule has 6 nitrogen and oxygen atoms in total. The van der Waals surface area contributed by atoms with Gasteiger partial charge >= 0.3 is 0 Å². The molecule has 19 heavy (non-hydrogen) atoms. The number of amides is 1. The third kappa shape index (κ3) is 2.83. The molecule has 0 bridgehead atoms. The van der Waals surface area contributed by atoms with Gasteiger partial charge < -0.3 is 10.3 Å². The van der Waals surface area contributed by atoms with E-state index in [9.17, 15) is 4.79 Å². The quantitative estimate of drug-likeness (QED) is 0.868. The second kappa shape index (κ2) is 5.69. The van der Waals surface area contributed by atoms with Crippen molar-refractivity contribution in [1.29, 1.82) is 0 Å². The van der Waals surface area contributed by atoms with E-state index in [1.54, 1.807) is 0 Å². The summed E-state index contributed by atoms with van der Waals surface area (Å²) in [6.45, 7) is 6.15. The van der Waals surface area contributed by atoms with Crippen molar-refractivity contribution in [3.05, 3.63) is 30.0 Å². The van der Waals surface area contributed by atoms with Gasteiger partial charge in [0.05, 0.1) is 24.3 Å². The Morgan fingerprint density at radius 1 is 1.47 bits per heavy atom. The van der Waals surface area contributed by atoms with Gasteiger partial charge in [-0.2, -0.15) is 5.10 Å². The first-order valence-corrected chi connectivity index (χ1v) is 6.51. The van der Waals surface area contributed by atoms with E-state index in [-0.39, 0.29) is 5.91 Å². The van der Waals surface area contributed by atoms with Crippen molar-refractivity contribution >= 4 is 11.7 Å². The largest absolute Gasteiger partial charge is 0.341 e. The lowest BCUT2D eigenvalue weighted by molar-refractivity contribution is 0.102. The zero-order chi connectivity index (χ0) is 13.8. The smallest absolute Gasteiger partial charge is 0.274 e. The number of imidazole rings is 1. The lowest BCUT2D eigenvalue weighted by Crippen LogP contribution is -2.18. The third-order valence-corrected chi connectivity index (χ3v) is 3.13. The Labute approximate surface area is 112 Å². The first-order valence-electron chi connectivity index (χ1n) is 6.51. The number of hydrogen-bond acceptors (Lipinski definition) is 3. The highest BCUT2D eigenvalue weighted by molar-refractivity contribution is 6.02. The minimum Gasteiger partial charge on any atom is -0.341 e. The Hall–Kier alpha value is -2.11. The molecule has 2 heterocycles. The maximum Gasteiger partial charge on any atom is 0.274 e. The summed E-state index contributed by atoms with van der Waals surface area (Å²) in [7, 11) is 0. The molecule has 1 amide bonds. The lowest BCUT2D eigenvalue weighted by atomic mass is 10.2. The van der Waals surface area contributed by atoms with E-state index in [0.717, 1.165) is 24.4 Å². The van der Waals surface area contributed by atoms with E-state index in [1.807, 2.05) is 17.7 Å². The fourth-order valence-electron chi connectivity index (χ4n) is 2.09. The third-order valence-electron chi connectivity index (χ3n) is 3.13. The van der Waals surface area contributed by atoms with Gasteiger partial charge in [-0.3, -0.25) is 4.79 Å². The van der Waals surface area contributed by atoms with Gasteiger partial charge in [-0.05, 0) is 19.8 Å². The summed E-state index contributed by atoms with van der Waals surface area (Å²) in [6, 6.07) is 2.18. The van der Waals surface area contributed by atoms with Crippen molar-refractivity contribution in [2.24, 2.45) is 0 Å². The molecule has 2 aromatic heterocycles. The van der Waals surface area contributed by atoms with E-state index < -0.39 is 0 Å². The van der Waals surface area contributed by atoms with Crippen LogP contribution in [0.2, 0.25) is 0 Å². The van der Waals surface area contributed by atoms with Gasteiger partial charge in [0.15, 0.2) is 0 Å². The van der Waals surface area contributed by atoms with E-state index in [1.165, 1.54) is 12.5 Å². The van der Waals surface area contributed by atoms with E-state index in [2.05, 4.69) is 34.2 Å². The lowest BCUT2D eigenvalue weighted by Gasteiger charge is -2.16. The van der Waals surface area contributed by atoms with Crippen molar-refractivity contribution in [1.82, 2.24) is 19.7 Å². The van der Waals surface area contributed by atoms with Gasteiger partial charge in [0.2, 0.25) is 0 Å². The molecule has 0 fully saturated rings. The van der Waals surface area contributed by atoms with E-state index >= 15 is 0 Å². The minimum atomic E-state index is -0.204. The Bertz CT molecular complexity index is 539. The number of nitrogens with one attached hydrogen (secondary N) is 2. The number of aromatic nitrogens is 4. The SMILES string of the molecule is CCC(CC)n1nc(C)cc1NC(=O)c1cnc[nH]1. The van der Waals surface area contributed by atoms with Crippen LogP contribution in [0.4, 0.5) is 5.82 Å². The van der Waals surface area contributed by atoms with Crippen LogP contribution in [-0.2, 0) is 0 Å². The van der Waals surface area contributed by atoms with Gasteiger partial charge in [0.1, 0.15) is 11.5 Å². The molecule has 0 saturated heterocycles. The predicted molar refractivity (Wildman–Crippen MR) is 73.1 cm³/mol. The van der Waals surface area contributed by atoms with Gasteiger partial charge in [-0.25, -0.2) is 9.67 Å². The maximum absolute atomic E-state index is 12.0. The number of aromatic amines is 1. The molecule has 2 N–H and O–H groups in total.